The summed E-state index contributed by atoms with van der Waals surface area (Å²) < 4.78 is 0. The molecular formula is C16H22N2S. The zero-order chi connectivity index (χ0) is 13.9. The second-order valence-electron chi connectivity index (χ2n) is 5.90. The monoisotopic (exact) mass is 274 g/mol. The Kier molecular flexibility index (Phi) is 4.38. The lowest BCUT2D eigenvalue weighted by molar-refractivity contribution is 0.589. The van der Waals surface area contributed by atoms with E-state index in [1.807, 2.05) is 13.1 Å². The van der Waals surface area contributed by atoms with Crippen molar-refractivity contribution in [2.45, 2.75) is 46.2 Å². The third-order valence-corrected chi connectivity index (χ3v) is 4.03. The average Bonchev–Trinajstić information content (AvgIpc) is 2.75. The lowest BCUT2D eigenvalue weighted by Gasteiger charge is -2.19. The first-order valence-electron chi connectivity index (χ1n) is 6.66. The Hall–Kier alpha value is -1.19. The molecule has 0 saturated heterocycles. The molecule has 102 valence electrons. The quantitative estimate of drug-likeness (QED) is 0.910. The summed E-state index contributed by atoms with van der Waals surface area (Å²) in [6, 6.07) is 8.89. The van der Waals surface area contributed by atoms with Crippen LogP contribution in [0.1, 0.15) is 41.8 Å². The molecule has 0 fully saturated rings. The maximum atomic E-state index is 4.26. The van der Waals surface area contributed by atoms with Crippen molar-refractivity contribution in [2.24, 2.45) is 0 Å². The summed E-state index contributed by atoms with van der Waals surface area (Å²) in [5.74, 6) is 0. The summed E-state index contributed by atoms with van der Waals surface area (Å²) in [7, 11) is 0. The largest absolute Gasteiger partial charge is 0.308 e. The molecule has 2 nitrogen and oxygen atoms in total. The molecule has 19 heavy (non-hydrogen) atoms. The van der Waals surface area contributed by atoms with Gasteiger partial charge in [-0.05, 0) is 23.5 Å². The summed E-state index contributed by atoms with van der Waals surface area (Å²) in [5.41, 5.74) is 2.94. The van der Waals surface area contributed by atoms with E-state index in [2.05, 4.69) is 55.3 Å². The van der Waals surface area contributed by atoms with Gasteiger partial charge < -0.3 is 5.32 Å². The van der Waals surface area contributed by atoms with Crippen LogP contribution >= 0.6 is 11.3 Å². The smallest absolute Gasteiger partial charge is 0.0897 e. The Balaban J connectivity index is 1.86. The van der Waals surface area contributed by atoms with E-state index in [0.29, 0.717) is 0 Å². The third kappa shape index (κ3) is 4.15. The number of rotatable bonds is 4. The van der Waals surface area contributed by atoms with Crippen molar-refractivity contribution in [2.75, 3.05) is 0 Å². The maximum Gasteiger partial charge on any atom is 0.0897 e. The fourth-order valence-electron chi connectivity index (χ4n) is 1.94. The first kappa shape index (κ1) is 14.2. The van der Waals surface area contributed by atoms with Crippen LogP contribution in [0.2, 0.25) is 0 Å². The first-order valence-corrected chi connectivity index (χ1v) is 7.48. The van der Waals surface area contributed by atoms with Crippen LogP contribution < -0.4 is 5.32 Å². The topological polar surface area (TPSA) is 24.9 Å². The summed E-state index contributed by atoms with van der Waals surface area (Å²) in [6.45, 7) is 10.6. The predicted octanol–water partition coefficient (Wildman–Crippen LogP) is 4.04. The molecule has 1 N–H and O–H groups in total. The lowest BCUT2D eigenvalue weighted by atomic mass is 9.87. The average molecular weight is 274 g/mol. The van der Waals surface area contributed by atoms with Gasteiger partial charge >= 0.3 is 0 Å². The van der Waals surface area contributed by atoms with Crippen molar-refractivity contribution in [3.05, 3.63) is 51.5 Å². The minimum atomic E-state index is 0.228. The Morgan fingerprint density at radius 1 is 1.11 bits per heavy atom. The minimum Gasteiger partial charge on any atom is -0.308 e. The predicted molar refractivity (Wildman–Crippen MR) is 82.5 cm³/mol. The normalized spacial score (nSPS) is 11.8. The van der Waals surface area contributed by atoms with E-state index in [1.54, 1.807) is 11.3 Å². The second kappa shape index (κ2) is 5.85. The van der Waals surface area contributed by atoms with Gasteiger partial charge in [0.2, 0.25) is 0 Å². The molecule has 0 aliphatic carbocycles. The molecule has 0 spiro atoms. The number of hydrogen-bond donors (Lipinski definition) is 1. The van der Waals surface area contributed by atoms with Gasteiger partial charge in [0.1, 0.15) is 0 Å². The molecule has 2 aromatic rings. The molecule has 1 aromatic heterocycles. The molecule has 0 aliphatic rings. The Bertz CT molecular complexity index is 520. The zero-order valence-corrected chi connectivity index (χ0v) is 13.0. The van der Waals surface area contributed by atoms with Gasteiger partial charge in [0.25, 0.3) is 0 Å². The van der Waals surface area contributed by atoms with Crippen molar-refractivity contribution in [3.8, 4) is 0 Å². The molecule has 0 amide bonds. The van der Waals surface area contributed by atoms with Crippen LogP contribution in [0.25, 0.3) is 0 Å². The summed E-state index contributed by atoms with van der Waals surface area (Å²) in [5, 5.41) is 4.59. The number of nitrogens with zero attached hydrogens (tertiary/aromatic N) is 1. The molecule has 1 aromatic carbocycles. The van der Waals surface area contributed by atoms with Crippen molar-refractivity contribution < 1.29 is 0 Å². The molecule has 0 aliphatic heterocycles. The van der Waals surface area contributed by atoms with Crippen LogP contribution in [0, 0.1) is 6.92 Å². The molecule has 3 heteroatoms. The van der Waals surface area contributed by atoms with Gasteiger partial charge in [0.05, 0.1) is 5.01 Å². The SMILES string of the molecule is Cc1ncc(CNCc2ccc(C(C)(C)C)cc2)s1. The number of aromatic nitrogens is 1. The highest BCUT2D eigenvalue weighted by Crippen LogP contribution is 2.22. The highest BCUT2D eigenvalue weighted by Gasteiger charge is 2.12. The van der Waals surface area contributed by atoms with Gasteiger partial charge in [-0.2, -0.15) is 0 Å². The first-order chi connectivity index (χ1) is 8.95. The standard InChI is InChI=1S/C16H22N2S/c1-12-18-11-15(19-12)10-17-9-13-5-7-14(8-6-13)16(2,3)4/h5-8,11,17H,9-10H2,1-4H3. The highest BCUT2D eigenvalue weighted by molar-refractivity contribution is 7.11. The molecule has 0 bridgehead atoms. The van der Waals surface area contributed by atoms with Crippen molar-refractivity contribution >= 4 is 11.3 Å². The van der Waals surface area contributed by atoms with E-state index in [1.165, 1.54) is 16.0 Å². The van der Waals surface area contributed by atoms with Gasteiger partial charge in [-0.25, -0.2) is 4.98 Å². The molecule has 0 atom stereocenters. The van der Waals surface area contributed by atoms with Crippen LogP contribution in [0.15, 0.2) is 30.5 Å². The number of nitrogens with one attached hydrogen (secondary N) is 1. The van der Waals surface area contributed by atoms with Crippen molar-refractivity contribution in [1.29, 1.82) is 0 Å². The minimum absolute atomic E-state index is 0.228. The molecule has 1 heterocycles. The maximum absolute atomic E-state index is 4.26. The second-order valence-corrected chi connectivity index (χ2v) is 7.22. The fraction of sp³-hybridized carbons (Fsp3) is 0.438. The van der Waals surface area contributed by atoms with Crippen LogP contribution in [0.3, 0.4) is 0 Å². The summed E-state index contributed by atoms with van der Waals surface area (Å²) >= 11 is 1.76. The van der Waals surface area contributed by atoms with E-state index in [9.17, 15) is 0 Å². The van der Waals surface area contributed by atoms with Crippen molar-refractivity contribution in [1.82, 2.24) is 10.3 Å². The van der Waals surface area contributed by atoms with Gasteiger partial charge in [-0.15, -0.1) is 11.3 Å². The Labute approximate surface area is 119 Å². The van der Waals surface area contributed by atoms with Crippen LogP contribution in [-0.4, -0.2) is 4.98 Å². The number of hydrogen-bond acceptors (Lipinski definition) is 3. The summed E-state index contributed by atoms with van der Waals surface area (Å²) in [4.78, 5) is 5.55. The molecule has 2 rings (SSSR count). The summed E-state index contributed by atoms with van der Waals surface area (Å²) in [6.07, 6.45) is 1.95. The Morgan fingerprint density at radius 3 is 2.32 bits per heavy atom. The fourth-order valence-corrected chi connectivity index (χ4v) is 2.70. The van der Waals surface area contributed by atoms with E-state index in [-0.39, 0.29) is 5.41 Å². The van der Waals surface area contributed by atoms with E-state index in [4.69, 9.17) is 0 Å². The lowest BCUT2D eigenvalue weighted by Crippen LogP contribution is -2.13. The number of thiazole rings is 1. The molecular weight excluding hydrogens is 252 g/mol. The number of benzene rings is 1. The van der Waals surface area contributed by atoms with Gasteiger partial charge in [0.15, 0.2) is 0 Å². The zero-order valence-electron chi connectivity index (χ0n) is 12.2. The van der Waals surface area contributed by atoms with Crippen LogP contribution in [0.4, 0.5) is 0 Å². The van der Waals surface area contributed by atoms with E-state index in [0.717, 1.165) is 18.1 Å². The number of aryl methyl sites for hydroxylation is 1. The van der Waals surface area contributed by atoms with E-state index < -0.39 is 0 Å². The van der Waals surface area contributed by atoms with Crippen LogP contribution in [-0.2, 0) is 18.5 Å². The molecule has 0 radical (unpaired) electrons. The van der Waals surface area contributed by atoms with Gasteiger partial charge in [0, 0.05) is 24.2 Å². The van der Waals surface area contributed by atoms with Crippen molar-refractivity contribution in [3.63, 3.8) is 0 Å². The Morgan fingerprint density at radius 2 is 1.79 bits per heavy atom. The van der Waals surface area contributed by atoms with Crippen LogP contribution in [0.5, 0.6) is 0 Å². The molecule has 0 unspecified atom stereocenters. The molecule has 0 saturated carbocycles. The van der Waals surface area contributed by atoms with Gasteiger partial charge in [-0.3, -0.25) is 0 Å². The van der Waals surface area contributed by atoms with Gasteiger partial charge in [-0.1, -0.05) is 45.0 Å². The highest BCUT2D eigenvalue weighted by atomic mass is 32.1. The van der Waals surface area contributed by atoms with E-state index >= 15 is 0 Å². The third-order valence-electron chi connectivity index (χ3n) is 3.12.